The Bertz CT molecular complexity index is 952. The Morgan fingerprint density at radius 3 is 2.37 bits per heavy atom. The van der Waals surface area contributed by atoms with Crippen LogP contribution in [0.15, 0.2) is 60.8 Å². The number of halogens is 2. The van der Waals surface area contributed by atoms with E-state index in [9.17, 15) is 8.78 Å². The summed E-state index contributed by atoms with van der Waals surface area (Å²) in [5, 5.41) is 0. The van der Waals surface area contributed by atoms with Crippen LogP contribution in [0, 0.1) is 18.6 Å². The number of nitrogens with one attached hydrogen (secondary N) is 1. The van der Waals surface area contributed by atoms with E-state index in [4.69, 9.17) is 0 Å². The zero-order valence-corrected chi connectivity index (χ0v) is 17.7. The van der Waals surface area contributed by atoms with E-state index in [0.717, 1.165) is 24.7 Å². The van der Waals surface area contributed by atoms with Crippen molar-refractivity contribution >= 4 is 0 Å². The van der Waals surface area contributed by atoms with Crippen LogP contribution < -0.4 is 4.90 Å². The normalized spacial score (nSPS) is 16.0. The monoisotopic (exact) mass is 409 g/mol. The van der Waals surface area contributed by atoms with Crippen molar-refractivity contribution < 1.29 is 13.7 Å². The summed E-state index contributed by atoms with van der Waals surface area (Å²) < 4.78 is 29.9. The number of benzene rings is 2. The van der Waals surface area contributed by atoms with Gasteiger partial charge in [-0.15, -0.1) is 0 Å². The molecule has 0 radical (unpaired) electrons. The molecule has 1 heterocycles. The zero-order valence-electron chi connectivity index (χ0n) is 17.7. The lowest BCUT2D eigenvalue weighted by molar-refractivity contribution is -0.953. The first-order valence-electron chi connectivity index (χ1n) is 11.1. The molecule has 0 spiro atoms. The maximum Gasteiger partial charge on any atom is 0.126 e. The van der Waals surface area contributed by atoms with Gasteiger partial charge in [-0.1, -0.05) is 36.2 Å². The van der Waals surface area contributed by atoms with Crippen LogP contribution in [0.25, 0.3) is 0 Å². The molecule has 4 heteroatoms. The highest BCUT2D eigenvalue weighted by atomic mass is 19.1. The second-order valence-electron chi connectivity index (χ2n) is 8.74. The van der Waals surface area contributed by atoms with Crippen LogP contribution in [0.5, 0.6) is 0 Å². The summed E-state index contributed by atoms with van der Waals surface area (Å²) in [6.07, 6.45) is 8.30. The van der Waals surface area contributed by atoms with Crippen molar-refractivity contribution in [2.24, 2.45) is 0 Å². The maximum atomic E-state index is 13.8. The van der Waals surface area contributed by atoms with E-state index >= 15 is 0 Å². The molecule has 2 aromatic carbocycles. The third-order valence-corrected chi connectivity index (χ3v) is 6.30. The van der Waals surface area contributed by atoms with Gasteiger partial charge in [0.05, 0.1) is 11.7 Å². The van der Waals surface area contributed by atoms with Crippen molar-refractivity contribution in [2.45, 2.75) is 64.7 Å². The average Bonchev–Trinajstić information content (AvgIpc) is 3.14. The number of aromatic nitrogens is 1. The third kappa shape index (κ3) is 5.37. The number of hydrogen-bond donors (Lipinski definition) is 1. The molecule has 1 unspecified atom stereocenters. The summed E-state index contributed by atoms with van der Waals surface area (Å²) in [5.41, 5.74) is 4.57. The minimum absolute atomic E-state index is 0.490. The molecule has 0 bridgehead atoms. The molecule has 1 fully saturated rings. The average molecular weight is 410 g/mol. The van der Waals surface area contributed by atoms with Crippen LogP contribution >= 0.6 is 0 Å². The Kier molecular flexibility index (Phi) is 6.63. The van der Waals surface area contributed by atoms with Crippen LogP contribution in [0.3, 0.4) is 0 Å². The fourth-order valence-corrected chi connectivity index (χ4v) is 4.84. The molecular formula is C26H31F2N2+. The molecule has 3 aromatic rings. The predicted molar refractivity (Wildman–Crippen MR) is 116 cm³/mol. The fraction of sp³-hybridized carbons (Fsp3) is 0.385. The van der Waals surface area contributed by atoms with Gasteiger partial charge in [0.2, 0.25) is 0 Å². The van der Waals surface area contributed by atoms with E-state index in [-0.39, 0.29) is 0 Å². The summed E-state index contributed by atoms with van der Waals surface area (Å²) >= 11 is 0. The molecule has 2 nitrogen and oxygen atoms in total. The van der Waals surface area contributed by atoms with Gasteiger partial charge < -0.3 is 9.47 Å². The van der Waals surface area contributed by atoms with Crippen LogP contribution in [0.2, 0.25) is 0 Å². The van der Waals surface area contributed by atoms with Crippen LogP contribution in [0.1, 0.15) is 54.5 Å². The summed E-state index contributed by atoms with van der Waals surface area (Å²) in [5.74, 6) is -0.980. The first kappa shape index (κ1) is 20.8. The van der Waals surface area contributed by atoms with Gasteiger partial charge in [0.25, 0.3) is 0 Å². The van der Waals surface area contributed by atoms with Gasteiger partial charge in [0.15, 0.2) is 0 Å². The lowest BCUT2D eigenvalue weighted by Crippen LogP contribution is -3.13. The first-order valence-corrected chi connectivity index (χ1v) is 11.1. The van der Waals surface area contributed by atoms with E-state index in [0.29, 0.717) is 12.6 Å². The van der Waals surface area contributed by atoms with E-state index in [1.807, 2.05) is 0 Å². The summed E-state index contributed by atoms with van der Waals surface area (Å²) in [6.45, 7) is 4.47. The topological polar surface area (TPSA) is 9.37 Å². The van der Waals surface area contributed by atoms with E-state index in [1.54, 1.807) is 0 Å². The number of rotatable bonds is 7. The number of quaternary nitrogens is 1. The number of nitrogens with zero attached hydrogens (tertiary/aromatic N) is 1. The first-order chi connectivity index (χ1) is 14.6. The Hall–Kier alpha value is -2.46. The van der Waals surface area contributed by atoms with Crippen molar-refractivity contribution in [3.63, 3.8) is 0 Å². The van der Waals surface area contributed by atoms with Crippen LogP contribution in [-0.4, -0.2) is 10.6 Å². The quantitative estimate of drug-likeness (QED) is 0.560. The molecule has 1 atom stereocenters. The van der Waals surface area contributed by atoms with Gasteiger partial charge in [-0.05, 0) is 62.4 Å². The van der Waals surface area contributed by atoms with E-state index < -0.39 is 11.6 Å². The molecule has 1 aliphatic rings. The Labute approximate surface area is 178 Å². The highest BCUT2D eigenvalue weighted by molar-refractivity contribution is 5.23. The Morgan fingerprint density at radius 1 is 0.867 bits per heavy atom. The SMILES string of the molecule is Cc1cccc(Cn2cccc2C[NH+](Cc2cc(F)cc(F)c2)C2CCCCC2)c1. The number of hydrogen-bond acceptors (Lipinski definition) is 0. The van der Waals surface area contributed by atoms with Crippen molar-refractivity contribution in [3.05, 3.63) is 94.8 Å². The molecule has 1 aliphatic carbocycles. The summed E-state index contributed by atoms with van der Waals surface area (Å²) in [6, 6.07) is 17.4. The third-order valence-electron chi connectivity index (χ3n) is 6.30. The minimum atomic E-state index is -0.490. The lowest BCUT2D eigenvalue weighted by atomic mass is 9.93. The van der Waals surface area contributed by atoms with Crippen LogP contribution in [-0.2, 0) is 19.6 Å². The second kappa shape index (κ2) is 9.57. The molecule has 1 saturated carbocycles. The van der Waals surface area contributed by atoms with Gasteiger partial charge in [0, 0.05) is 24.4 Å². The number of aryl methyl sites for hydroxylation is 1. The van der Waals surface area contributed by atoms with Crippen molar-refractivity contribution in [1.82, 2.24) is 4.57 Å². The van der Waals surface area contributed by atoms with Gasteiger partial charge in [-0.2, -0.15) is 0 Å². The van der Waals surface area contributed by atoms with Crippen molar-refractivity contribution in [1.29, 1.82) is 0 Å². The Morgan fingerprint density at radius 2 is 1.63 bits per heavy atom. The fourth-order valence-electron chi connectivity index (χ4n) is 4.84. The van der Waals surface area contributed by atoms with Gasteiger partial charge in [-0.3, -0.25) is 0 Å². The molecule has 0 aliphatic heterocycles. The molecule has 0 saturated heterocycles. The van der Waals surface area contributed by atoms with E-state index in [1.165, 1.54) is 66.0 Å². The maximum absolute atomic E-state index is 13.8. The van der Waals surface area contributed by atoms with Crippen molar-refractivity contribution in [2.75, 3.05) is 0 Å². The molecule has 0 amide bonds. The Balaban J connectivity index is 1.55. The smallest absolute Gasteiger partial charge is 0.126 e. The molecule has 158 valence electrons. The van der Waals surface area contributed by atoms with Crippen LogP contribution in [0.4, 0.5) is 8.78 Å². The minimum Gasteiger partial charge on any atom is -0.342 e. The summed E-state index contributed by atoms with van der Waals surface area (Å²) in [7, 11) is 0. The highest BCUT2D eigenvalue weighted by Crippen LogP contribution is 2.17. The molecule has 4 rings (SSSR count). The highest BCUT2D eigenvalue weighted by Gasteiger charge is 2.26. The molecule has 1 aromatic heterocycles. The zero-order chi connectivity index (χ0) is 20.9. The van der Waals surface area contributed by atoms with Gasteiger partial charge in [-0.25, -0.2) is 8.78 Å². The van der Waals surface area contributed by atoms with Gasteiger partial charge >= 0.3 is 0 Å². The lowest BCUT2D eigenvalue weighted by Gasteiger charge is -2.32. The summed E-state index contributed by atoms with van der Waals surface area (Å²) in [4.78, 5) is 1.41. The standard InChI is InChI=1S/C26H30F2N2/c1-20-7-5-8-21(13-20)17-29-12-6-11-26(29)19-30(25-9-3-2-4-10-25)18-22-14-23(27)16-24(28)15-22/h5-8,11-16,25H,2-4,9-10,17-19H2,1H3/p+1. The van der Waals surface area contributed by atoms with Gasteiger partial charge in [0.1, 0.15) is 24.7 Å². The largest absolute Gasteiger partial charge is 0.342 e. The van der Waals surface area contributed by atoms with Crippen molar-refractivity contribution in [3.8, 4) is 0 Å². The van der Waals surface area contributed by atoms with E-state index in [2.05, 4.69) is 54.1 Å². The molecule has 30 heavy (non-hydrogen) atoms. The molecule has 1 N–H and O–H groups in total. The second-order valence-corrected chi connectivity index (χ2v) is 8.74. The predicted octanol–water partition coefficient (Wildman–Crippen LogP) is 5.04. The molecular weight excluding hydrogens is 378 g/mol.